The first-order valence-corrected chi connectivity index (χ1v) is 12.2. The number of hydrogen-bond acceptors (Lipinski definition) is 6. The fourth-order valence-corrected chi connectivity index (χ4v) is 4.06. The van der Waals surface area contributed by atoms with E-state index in [0.29, 0.717) is 29.2 Å². The van der Waals surface area contributed by atoms with Crippen LogP contribution >= 0.6 is 23.2 Å². The molecule has 3 N–H and O–H groups in total. The van der Waals surface area contributed by atoms with Gasteiger partial charge >= 0.3 is 5.97 Å². The zero-order valence-electron chi connectivity index (χ0n) is 20.5. The maximum absolute atomic E-state index is 12.9. The monoisotopic (exact) mass is 557 g/mol. The molecule has 0 saturated carbocycles. The molecule has 0 aliphatic heterocycles. The maximum atomic E-state index is 12.9. The number of rotatable bonds is 11. The summed E-state index contributed by atoms with van der Waals surface area (Å²) in [5, 5.41) is 19.1. The van der Waals surface area contributed by atoms with Crippen LogP contribution in [0.1, 0.15) is 28.4 Å². The molecule has 0 fully saturated rings. The molecule has 198 valence electrons. The van der Waals surface area contributed by atoms with E-state index in [-0.39, 0.29) is 27.7 Å². The molecule has 3 aromatic carbocycles. The molecule has 0 saturated heterocycles. The molecule has 38 heavy (non-hydrogen) atoms. The summed E-state index contributed by atoms with van der Waals surface area (Å²) in [4.78, 5) is 42.2. The van der Waals surface area contributed by atoms with E-state index < -0.39 is 23.8 Å². The predicted octanol–water partition coefficient (Wildman–Crippen LogP) is 4.81. The molecule has 0 aliphatic rings. The molecule has 9 nitrogen and oxygen atoms in total. The second-order valence-electron chi connectivity index (χ2n) is 7.90. The van der Waals surface area contributed by atoms with Crippen molar-refractivity contribution in [3.05, 3.63) is 93.5 Å². The molecule has 1 atom stereocenters. The van der Waals surface area contributed by atoms with Gasteiger partial charge in [-0.15, -0.1) is 0 Å². The highest BCUT2D eigenvalue weighted by atomic mass is 35.5. The van der Waals surface area contributed by atoms with Crippen LogP contribution in [0, 0.1) is 0 Å². The van der Waals surface area contributed by atoms with Gasteiger partial charge in [-0.25, -0.2) is 4.79 Å². The van der Waals surface area contributed by atoms with Crippen LogP contribution in [-0.2, 0) is 20.8 Å². The van der Waals surface area contributed by atoms with E-state index in [9.17, 15) is 19.5 Å². The third-order valence-electron chi connectivity index (χ3n) is 5.28. The van der Waals surface area contributed by atoms with Gasteiger partial charge in [0.15, 0.2) is 5.71 Å². The Morgan fingerprint density at radius 1 is 0.974 bits per heavy atom. The number of carbonyl (C=O) groups is 3. The molecule has 0 aromatic heterocycles. The number of carbonyl (C=O) groups excluding carboxylic acids is 2. The van der Waals surface area contributed by atoms with Crippen molar-refractivity contribution in [1.82, 2.24) is 5.32 Å². The minimum absolute atomic E-state index is 0.0187. The minimum atomic E-state index is -1.25. The Balaban J connectivity index is 1.69. The maximum Gasteiger partial charge on any atom is 0.326 e. The van der Waals surface area contributed by atoms with Crippen molar-refractivity contribution in [3.8, 4) is 5.75 Å². The van der Waals surface area contributed by atoms with Gasteiger partial charge in [-0.3, -0.25) is 9.59 Å². The molecule has 0 spiro atoms. The number of hydrogen-bond donors (Lipinski definition) is 3. The van der Waals surface area contributed by atoms with E-state index in [1.165, 1.54) is 7.11 Å². The number of amides is 2. The molecule has 0 heterocycles. The standard InChI is InChI=1S/C27H25Cl2N3O6/c1-3-38-19-13-9-17(10-14-19)24(32-37-2)26(34)31-22(27(35)36)15-16-7-11-18(12-8-16)30-25(33)23-20(28)5-4-6-21(23)29/h4-14,22H,3,15H2,1-2H3,(H,30,33)(H,31,34)(H,35,36)/t22-/m0/s1. The molecule has 11 heteroatoms. The van der Waals surface area contributed by atoms with Gasteiger partial charge in [0.1, 0.15) is 18.9 Å². The average Bonchev–Trinajstić information content (AvgIpc) is 2.88. The van der Waals surface area contributed by atoms with Gasteiger partial charge in [-0.1, -0.05) is 46.6 Å². The summed E-state index contributed by atoms with van der Waals surface area (Å²) >= 11 is 12.2. The fraction of sp³-hybridized carbons (Fsp3) is 0.185. The molecule has 0 bridgehead atoms. The third-order valence-corrected chi connectivity index (χ3v) is 5.91. The first kappa shape index (κ1) is 28.5. The van der Waals surface area contributed by atoms with Crippen molar-refractivity contribution >= 4 is 52.4 Å². The van der Waals surface area contributed by atoms with Crippen LogP contribution in [0.15, 0.2) is 71.9 Å². The predicted molar refractivity (Wildman–Crippen MR) is 145 cm³/mol. The molecule has 0 aliphatic carbocycles. The smallest absolute Gasteiger partial charge is 0.326 e. The van der Waals surface area contributed by atoms with Crippen LogP contribution in [0.25, 0.3) is 0 Å². The van der Waals surface area contributed by atoms with E-state index in [0.717, 1.165) is 0 Å². The van der Waals surface area contributed by atoms with Crippen LogP contribution in [0.5, 0.6) is 5.75 Å². The first-order chi connectivity index (χ1) is 18.2. The van der Waals surface area contributed by atoms with Gasteiger partial charge in [-0.2, -0.15) is 0 Å². The second-order valence-corrected chi connectivity index (χ2v) is 8.71. The third kappa shape index (κ3) is 7.47. The number of ether oxygens (including phenoxy) is 1. The Morgan fingerprint density at radius 2 is 1.61 bits per heavy atom. The van der Waals surface area contributed by atoms with Crippen molar-refractivity contribution in [2.24, 2.45) is 5.16 Å². The van der Waals surface area contributed by atoms with Gasteiger partial charge in [0.25, 0.3) is 11.8 Å². The zero-order chi connectivity index (χ0) is 27.7. The lowest BCUT2D eigenvalue weighted by molar-refractivity contribution is -0.141. The van der Waals surface area contributed by atoms with Crippen LogP contribution < -0.4 is 15.4 Å². The van der Waals surface area contributed by atoms with E-state index in [1.54, 1.807) is 66.7 Å². The normalized spacial score (nSPS) is 11.8. The summed E-state index contributed by atoms with van der Waals surface area (Å²) in [6.45, 7) is 2.34. The fourth-order valence-electron chi connectivity index (χ4n) is 3.49. The Hall–Kier alpha value is -4.08. The average molecular weight is 558 g/mol. The Labute approximate surface area is 229 Å². The van der Waals surface area contributed by atoms with Gasteiger partial charge < -0.3 is 25.3 Å². The number of aliphatic carboxylic acids is 1. The summed E-state index contributed by atoms with van der Waals surface area (Å²) in [5.74, 6) is -1.81. The molecule has 3 rings (SSSR count). The lowest BCUT2D eigenvalue weighted by Gasteiger charge is -2.16. The summed E-state index contributed by atoms with van der Waals surface area (Å²) in [6, 6.07) is 16.6. The van der Waals surface area contributed by atoms with Crippen molar-refractivity contribution in [2.75, 3.05) is 19.0 Å². The van der Waals surface area contributed by atoms with Gasteiger partial charge in [0.2, 0.25) is 0 Å². The van der Waals surface area contributed by atoms with Crippen molar-refractivity contribution in [3.63, 3.8) is 0 Å². The van der Waals surface area contributed by atoms with Crippen LogP contribution in [0.3, 0.4) is 0 Å². The molecule has 0 radical (unpaired) electrons. The number of nitrogens with one attached hydrogen (secondary N) is 2. The quantitative estimate of drug-likeness (QED) is 0.229. The summed E-state index contributed by atoms with van der Waals surface area (Å²) in [7, 11) is 1.29. The largest absolute Gasteiger partial charge is 0.494 e. The summed E-state index contributed by atoms with van der Waals surface area (Å²) < 4.78 is 5.40. The zero-order valence-corrected chi connectivity index (χ0v) is 22.0. The highest BCUT2D eigenvalue weighted by Crippen LogP contribution is 2.25. The van der Waals surface area contributed by atoms with Gasteiger partial charge in [0, 0.05) is 17.7 Å². The van der Waals surface area contributed by atoms with Crippen molar-refractivity contribution < 1.29 is 29.1 Å². The van der Waals surface area contributed by atoms with Gasteiger partial charge in [-0.05, 0) is 61.0 Å². The lowest BCUT2D eigenvalue weighted by atomic mass is 10.0. The van der Waals surface area contributed by atoms with E-state index in [2.05, 4.69) is 15.8 Å². The van der Waals surface area contributed by atoms with Crippen LogP contribution in [0.4, 0.5) is 5.69 Å². The number of benzene rings is 3. The molecule has 0 unspecified atom stereocenters. The number of carboxylic acids is 1. The number of halogens is 2. The van der Waals surface area contributed by atoms with E-state index in [1.807, 2.05) is 6.92 Å². The SMILES string of the molecule is CCOc1ccc(C(=NOC)C(=O)N[C@@H](Cc2ccc(NC(=O)c3c(Cl)cccc3Cl)cc2)C(=O)O)cc1. The highest BCUT2D eigenvalue weighted by molar-refractivity contribution is 6.45. The van der Waals surface area contributed by atoms with E-state index >= 15 is 0 Å². The Bertz CT molecular complexity index is 1310. The minimum Gasteiger partial charge on any atom is -0.494 e. The number of carboxylic acid groups (broad SMARTS) is 1. The highest BCUT2D eigenvalue weighted by Gasteiger charge is 2.25. The first-order valence-electron chi connectivity index (χ1n) is 11.5. The summed E-state index contributed by atoms with van der Waals surface area (Å²) in [6.07, 6.45) is -0.0187. The Kier molecular flexibility index (Phi) is 10.1. The number of anilines is 1. The topological polar surface area (TPSA) is 126 Å². The number of oxime groups is 1. The lowest BCUT2D eigenvalue weighted by Crippen LogP contribution is -2.45. The Morgan fingerprint density at radius 3 is 2.16 bits per heavy atom. The van der Waals surface area contributed by atoms with Crippen molar-refractivity contribution in [2.45, 2.75) is 19.4 Å². The molecule has 3 aromatic rings. The van der Waals surface area contributed by atoms with Gasteiger partial charge in [0.05, 0.1) is 22.2 Å². The molecular weight excluding hydrogens is 533 g/mol. The summed E-state index contributed by atoms with van der Waals surface area (Å²) in [5.41, 5.74) is 1.55. The second kappa shape index (κ2) is 13.5. The molecular formula is C27H25Cl2N3O6. The van der Waals surface area contributed by atoms with Crippen LogP contribution in [0.2, 0.25) is 10.0 Å². The number of nitrogens with zero attached hydrogens (tertiary/aromatic N) is 1. The van der Waals surface area contributed by atoms with Crippen LogP contribution in [-0.4, -0.2) is 48.4 Å². The van der Waals surface area contributed by atoms with Crippen molar-refractivity contribution in [1.29, 1.82) is 0 Å². The van der Waals surface area contributed by atoms with E-state index in [4.69, 9.17) is 32.8 Å². The molecule has 2 amide bonds.